The highest BCUT2D eigenvalue weighted by Gasteiger charge is 2.13. The smallest absolute Gasteiger partial charge is 0.0717 e. The van der Waals surface area contributed by atoms with E-state index < -0.39 is 0 Å². The minimum absolute atomic E-state index is 0.0944. The van der Waals surface area contributed by atoms with Gasteiger partial charge in [-0.05, 0) is 66.0 Å². The zero-order valence-electron chi connectivity index (χ0n) is 8.66. The normalized spacial score (nSPS) is 12.7. The third kappa shape index (κ3) is 3.61. The molecule has 90 valence electrons. The number of halogens is 3. The van der Waals surface area contributed by atoms with Crippen molar-refractivity contribution in [2.45, 2.75) is 12.5 Å². The molecule has 2 aromatic rings. The molecule has 2 heterocycles. The molecule has 0 aromatic carbocycles. The SMILES string of the molecule is NC(Cc1ccc(Br)s1)c1ncc(Br)cc1Br. The fourth-order valence-electron chi connectivity index (χ4n) is 1.47. The maximum Gasteiger partial charge on any atom is 0.0717 e. The van der Waals surface area contributed by atoms with Crippen LogP contribution in [0.25, 0.3) is 0 Å². The summed E-state index contributed by atoms with van der Waals surface area (Å²) >= 11 is 12.0. The standard InChI is InChI=1S/C11H9Br3N2S/c12-6-3-8(13)11(16-5-6)9(15)4-7-1-2-10(14)17-7/h1-3,5,9H,4,15H2. The van der Waals surface area contributed by atoms with Crippen LogP contribution in [0.2, 0.25) is 0 Å². The van der Waals surface area contributed by atoms with Gasteiger partial charge in [-0.15, -0.1) is 11.3 Å². The average Bonchev–Trinajstić information content (AvgIpc) is 2.63. The lowest BCUT2D eigenvalue weighted by Crippen LogP contribution is -2.15. The molecule has 0 fully saturated rings. The zero-order valence-corrected chi connectivity index (χ0v) is 14.2. The van der Waals surface area contributed by atoms with Crippen LogP contribution >= 0.6 is 59.1 Å². The van der Waals surface area contributed by atoms with E-state index in [9.17, 15) is 0 Å². The molecule has 0 bridgehead atoms. The summed E-state index contributed by atoms with van der Waals surface area (Å²) in [6.07, 6.45) is 2.56. The van der Waals surface area contributed by atoms with E-state index in [0.717, 1.165) is 24.8 Å². The second-order valence-corrected chi connectivity index (χ2v) is 7.85. The molecule has 2 rings (SSSR count). The maximum absolute atomic E-state index is 6.17. The molecule has 0 aliphatic heterocycles. The van der Waals surface area contributed by atoms with E-state index in [2.05, 4.69) is 58.8 Å². The summed E-state index contributed by atoms with van der Waals surface area (Å²) in [6.45, 7) is 0. The molecule has 0 saturated heterocycles. The van der Waals surface area contributed by atoms with Crippen LogP contribution < -0.4 is 5.73 Å². The third-order valence-corrected chi connectivity index (χ3v) is 4.95. The molecule has 6 heteroatoms. The Balaban J connectivity index is 2.17. The Kier molecular flexibility index (Phi) is 4.77. The molecule has 0 spiro atoms. The van der Waals surface area contributed by atoms with E-state index in [1.165, 1.54) is 4.88 Å². The highest BCUT2D eigenvalue weighted by molar-refractivity contribution is 9.11. The Hall–Kier alpha value is 0.250. The van der Waals surface area contributed by atoms with E-state index in [0.29, 0.717) is 0 Å². The van der Waals surface area contributed by atoms with Gasteiger partial charge in [0.2, 0.25) is 0 Å². The highest BCUT2D eigenvalue weighted by atomic mass is 79.9. The van der Waals surface area contributed by atoms with E-state index in [-0.39, 0.29) is 6.04 Å². The molecule has 2 aromatic heterocycles. The lowest BCUT2D eigenvalue weighted by atomic mass is 10.1. The van der Waals surface area contributed by atoms with Gasteiger partial charge in [0.25, 0.3) is 0 Å². The molecular formula is C11H9Br3N2S. The van der Waals surface area contributed by atoms with Gasteiger partial charge in [-0.2, -0.15) is 0 Å². The number of pyridine rings is 1. The van der Waals surface area contributed by atoms with Gasteiger partial charge in [0.05, 0.1) is 15.5 Å². The first-order chi connectivity index (χ1) is 8.06. The Morgan fingerprint density at radius 1 is 1.29 bits per heavy atom. The van der Waals surface area contributed by atoms with Crippen LogP contribution in [-0.2, 0) is 6.42 Å². The number of nitrogens with two attached hydrogens (primary N) is 1. The predicted octanol–water partition coefficient (Wildman–Crippen LogP) is 4.67. The summed E-state index contributed by atoms with van der Waals surface area (Å²) in [5.41, 5.74) is 7.06. The van der Waals surface area contributed by atoms with Crippen molar-refractivity contribution in [3.8, 4) is 0 Å². The fraction of sp³-hybridized carbons (Fsp3) is 0.182. The van der Waals surface area contributed by atoms with Crippen molar-refractivity contribution in [1.29, 1.82) is 0 Å². The van der Waals surface area contributed by atoms with Crippen LogP contribution in [0.1, 0.15) is 16.6 Å². The topological polar surface area (TPSA) is 38.9 Å². The lowest BCUT2D eigenvalue weighted by Gasteiger charge is -2.11. The van der Waals surface area contributed by atoms with E-state index in [1.807, 2.05) is 12.1 Å². The third-order valence-electron chi connectivity index (χ3n) is 2.24. The number of hydrogen-bond donors (Lipinski definition) is 1. The van der Waals surface area contributed by atoms with Gasteiger partial charge < -0.3 is 5.73 Å². The molecule has 17 heavy (non-hydrogen) atoms. The molecule has 0 aliphatic rings. The minimum atomic E-state index is -0.0944. The minimum Gasteiger partial charge on any atom is -0.322 e. The molecule has 1 atom stereocenters. The summed E-state index contributed by atoms with van der Waals surface area (Å²) in [5.74, 6) is 0. The second-order valence-electron chi connectivity index (χ2n) is 3.54. The van der Waals surface area contributed by atoms with E-state index >= 15 is 0 Å². The first-order valence-electron chi connectivity index (χ1n) is 4.87. The van der Waals surface area contributed by atoms with Gasteiger partial charge in [-0.1, -0.05) is 0 Å². The average molecular weight is 441 g/mol. The van der Waals surface area contributed by atoms with Gasteiger partial charge in [0, 0.05) is 26.4 Å². The van der Waals surface area contributed by atoms with Crippen LogP contribution in [0.15, 0.2) is 37.1 Å². The van der Waals surface area contributed by atoms with Gasteiger partial charge in [-0.3, -0.25) is 4.98 Å². The number of thiophene rings is 1. The number of rotatable bonds is 3. The van der Waals surface area contributed by atoms with Gasteiger partial charge in [0.15, 0.2) is 0 Å². The Morgan fingerprint density at radius 3 is 2.65 bits per heavy atom. The van der Waals surface area contributed by atoms with E-state index in [4.69, 9.17) is 5.73 Å². The molecule has 2 nitrogen and oxygen atoms in total. The zero-order chi connectivity index (χ0) is 12.4. The van der Waals surface area contributed by atoms with Crippen LogP contribution in [0, 0.1) is 0 Å². The van der Waals surface area contributed by atoms with Crippen molar-refractivity contribution in [2.24, 2.45) is 5.73 Å². The van der Waals surface area contributed by atoms with Crippen LogP contribution in [0.4, 0.5) is 0 Å². The first kappa shape index (κ1) is 13.7. The monoisotopic (exact) mass is 438 g/mol. The molecule has 0 saturated carbocycles. The molecular weight excluding hydrogens is 432 g/mol. The van der Waals surface area contributed by atoms with Gasteiger partial charge in [-0.25, -0.2) is 0 Å². The molecule has 0 aliphatic carbocycles. The number of nitrogens with zero attached hydrogens (tertiary/aromatic N) is 1. The maximum atomic E-state index is 6.17. The van der Waals surface area contributed by atoms with Crippen LogP contribution in [0.3, 0.4) is 0 Å². The van der Waals surface area contributed by atoms with Gasteiger partial charge >= 0.3 is 0 Å². The van der Waals surface area contributed by atoms with Crippen molar-refractivity contribution < 1.29 is 0 Å². The van der Waals surface area contributed by atoms with Gasteiger partial charge in [0.1, 0.15) is 0 Å². The molecule has 0 amide bonds. The fourth-order valence-corrected chi connectivity index (χ4v) is 4.30. The van der Waals surface area contributed by atoms with Crippen molar-refractivity contribution in [1.82, 2.24) is 4.98 Å². The summed E-state index contributed by atoms with van der Waals surface area (Å²) < 4.78 is 3.01. The largest absolute Gasteiger partial charge is 0.322 e. The molecule has 0 radical (unpaired) electrons. The van der Waals surface area contributed by atoms with Crippen LogP contribution in [-0.4, -0.2) is 4.98 Å². The first-order valence-corrected chi connectivity index (χ1v) is 8.06. The second kappa shape index (κ2) is 5.93. The summed E-state index contributed by atoms with van der Waals surface area (Å²) in [7, 11) is 0. The summed E-state index contributed by atoms with van der Waals surface area (Å²) in [4.78, 5) is 5.61. The molecule has 2 N–H and O–H groups in total. The van der Waals surface area contributed by atoms with Crippen LogP contribution in [0.5, 0.6) is 0 Å². The quantitative estimate of drug-likeness (QED) is 0.753. The number of aromatic nitrogens is 1. The lowest BCUT2D eigenvalue weighted by molar-refractivity contribution is 0.699. The summed E-state index contributed by atoms with van der Waals surface area (Å²) in [5, 5.41) is 0. The van der Waals surface area contributed by atoms with Crippen molar-refractivity contribution >= 4 is 59.1 Å². The number of hydrogen-bond acceptors (Lipinski definition) is 3. The Bertz CT molecular complexity index is 527. The Morgan fingerprint density at radius 2 is 2.06 bits per heavy atom. The predicted molar refractivity (Wildman–Crippen MR) is 82.3 cm³/mol. The molecule has 1 unspecified atom stereocenters. The van der Waals surface area contributed by atoms with Crippen molar-refractivity contribution in [2.75, 3.05) is 0 Å². The summed E-state index contributed by atoms with van der Waals surface area (Å²) in [6, 6.07) is 5.99. The van der Waals surface area contributed by atoms with Crippen molar-refractivity contribution in [3.05, 3.63) is 47.7 Å². The Labute approximate surface area is 129 Å². The van der Waals surface area contributed by atoms with Crippen molar-refractivity contribution in [3.63, 3.8) is 0 Å². The highest BCUT2D eigenvalue weighted by Crippen LogP contribution is 2.29. The van der Waals surface area contributed by atoms with E-state index in [1.54, 1.807) is 17.5 Å².